The van der Waals surface area contributed by atoms with Crippen LogP contribution in [-0.2, 0) is 9.53 Å². The number of hydrogen-bond acceptors (Lipinski definition) is 2. The molecule has 0 bridgehead atoms. The molecule has 3 atom stereocenters. The lowest BCUT2D eigenvalue weighted by atomic mass is 9.52. The van der Waals surface area contributed by atoms with Crippen molar-refractivity contribution in [1.29, 1.82) is 0 Å². The van der Waals surface area contributed by atoms with Crippen LogP contribution in [0.15, 0.2) is 24.3 Å². The summed E-state index contributed by atoms with van der Waals surface area (Å²) in [5.41, 5.74) is 2.20. The first-order chi connectivity index (χ1) is 8.36. The first kappa shape index (κ1) is 13.5. The van der Waals surface area contributed by atoms with E-state index in [2.05, 4.69) is 27.0 Å². The predicted octanol–water partition coefficient (Wildman–Crippen LogP) is 3.53. The lowest BCUT2D eigenvalue weighted by Gasteiger charge is -2.52. The largest absolute Gasteiger partial charge is 0.377 e. The number of fused-ring (bicyclic) bond motifs is 1. The summed E-state index contributed by atoms with van der Waals surface area (Å²) in [5.74, 6) is 1.14. The Balaban J connectivity index is 2.22. The molecule has 0 aromatic carbocycles. The minimum Gasteiger partial charge on any atom is -0.377 e. The maximum Gasteiger partial charge on any atom is 0.161 e. The van der Waals surface area contributed by atoms with E-state index in [4.69, 9.17) is 4.74 Å². The summed E-state index contributed by atoms with van der Waals surface area (Å²) in [6.45, 7) is 12.7. The molecular weight excluding hydrogens is 224 g/mol. The second-order valence-corrected chi connectivity index (χ2v) is 6.48. The fraction of sp³-hybridized carbons (Fsp3) is 0.688. The summed E-state index contributed by atoms with van der Waals surface area (Å²) in [4.78, 5) is 12.3. The van der Waals surface area contributed by atoms with Crippen LogP contribution in [0.5, 0.6) is 0 Å². The molecule has 2 aliphatic rings. The zero-order chi connectivity index (χ0) is 13.5. The summed E-state index contributed by atoms with van der Waals surface area (Å²) in [6.07, 6.45) is 3.42. The van der Waals surface area contributed by atoms with Gasteiger partial charge in [-0.3, -0.25) is 4.79 Å². The molecule has 0 aromatic heterocycles. The Labute approximate surface area is 110 Å². The normalized spacial score (nSPS) is 36.2. The number of allylic oxidation sites excluding steroid dienone is 1. The maximum absolute atomic E-state index is 12.3. The summed E-state index contributed by atoms with van der Waals surface area (Å²) < 4.78 is 5.39. The van der Waals surface area contributed by atoms with Gasteiger partial charge in [0.05, 0.1) is 6.10 Å². The average Bonchev–Trinajstić information content (AvgIpc) is 2.35. The molecule has 0 amide bonds. The minimum absolute atomic E-state index is 0.130. The van der Waals surface area contributed by atoms with Crippen LogP contribution in [0.1, 0.15) is 39.5 Å². The van der Waals surface area contributed by atoms with Crippen molar-refractivity contribution < 1.29 is 9.53 Å². The molecule has 0 N–H and O–H groups in total. The Morgan fingerprint density at radius 1 is 1.33 bits per heavy atom. The van der Waals surface area contributed by atoms with Crippen LogP contribution in [0, 0.1) is 17.3 Å². The van der Waals surface area contributed by atoms with E-state index in [9.17, 15) is 4.79 Å². The van der Waals surface area contributed by atoms with Crippen molar-refractivity contribution in [3.63, 3.8) is 0 Å². The van der Waals surface area contributed by atoms with Crippen molar-refractivity contribution in [1.82, 2.24) is 0 Å². The third-order valence-corrected chi connectivity index (χ3v) is 4.92. The van der Waals surface area contributed by atoms with Crippen LogP contribution in [-0.4, -0.2) is 19.0 Å². The highest BCUT2D eigenvalue weighted by molar-refractivity contribution is 5.96. The van der Waals surface area contributed by atoms with Crippen molar-refractivity contribution in [3.8, 4) is 0 Å². The first-order valence-electron chi connectivity index (χ1n) is 6.79. The molecule has 3 unspecified atom stereocenters. The SMILES string of the molecule is C=C1C(=O)CC2C(CC2(C)C)C(=C)CCC1OC. The zero-order valence-electron chi connectivity index (χ0n) is 11.8. The molecule has 18 heavy (non-hydrogen) atoms. The summed E-state index contributed by atoms with van der Waals surface area (Å²) in [5, 5.41) is 0. The van der Waals surface area contributed by atoms with Gasteiger partial charge in [0.2, 0.25) is 0 Å². The van der Waals surface area contributed by atoms with Gasteiger partial charge in [-0.2, -0.15) is 0 Å². The Morgan fingerprint density at radius 2 is 2.00 bits per heavy atom. The monoisotopic (exact) mass is 248 g/mol. The molecule has 100 valence electrons. The van der Waals surface area contributed by atoms with Gasteiger partial charge in [-0.1, -0.05) is 32.6 Å². The number of ketones is 1. The molecule has 2 nitrogen and oxygen atoms in total. The molecule has 2 aliphatic carbocycles. The van der Waals surface area contributed by atoms with Crippen molar-refractivity contribution in [2.75, 3.05) is 7.11 Å². The van der Waals surface area contributed by atoms with Crippen LogP contribution in [0.2, 0.25) is 0 Å². The third kappa shape index (κ3) is 2.18. The number of carbonyl (C=O) groups excluding carboxylic acids is 1. The van der Waals surface area contributed by atoms with E-state index in [1.165, 1.54) is 5.57 Å². The zero-order valence-corrected chi connectivity index (χ0v) is 11.8. The number of methoxy groups -OCH3 is 1. The molecule has 0 saturated heterocycles. The molecule has 2 heteroatoms. The quantitative estimate of drug-likeness (QED) is 0.524. The molecule has 2 saturated carbocycles. The summed E-state index contributed by atoms with van der Waals surface area (Å²) in [7, 11) is 1.66. The van der Waals surface area contributed by atoms with Gasteiger partial charge in [-0.05, 0) is 36.5 Å². The van der Waals surface area contributed by atoms with Crippen LogP contribution < -0.4 is 0 Å². The van der Waals surface area contributed by atoms with Crippen LogP contribution in [0.4, 0.5) is 0 Å². The molecule has 0 aromatic rings. The van der Waals surface area contributed by atoms with Crippen molar-refractivity contribution in [2.45, 2.75) is 45.6 Å². The number of ether oxygens (including phenoxy) is 1. The number of carbonyl (C=O) groups is 1. The van der Waals surface area contributed by atoms with Crippen molar-refractivity contribution >= 4 is 5.78 Å². The van der Waals surface area contributed by atoms with Gasteiger partial charge in [0, 0.05) is 19.1 Å². The van der Waals surface area contributed by atoms with Gasteiger partial charge in [-0.15, -0.1) is 0 Å². The molecular formula is C16H24O2. The topological polar surface area (TPSA) is 26.3 Å². The van der Waals surface area contributed by atoms with E-state index < -0.39 is 0 Å². The Bertz CT molecular complexity index is 392. The minimum atomic E-state index is -0.130. The van der Waals surface area contributed by atoms with Gasteiger partial charge in [-0.25, -0.2) is 0 Å². The molecule has 2 rings (SSSR count). The Hall–Kier alpha value is -0.890. The smallest absolute Gasteiger partial charge is 0.161 e. The van der Waals surface area contributed by atoms with Gasteiger partial charge >= 0.3 is 0 Å². The fourth-order valence-corrected chi connectivity index (χ4v) is 3.54. The molecule has 0 heterocycles. The van der Waals surface area contributed by atoms with Crippen molar-refractivity contribution in [2.24, 2.45) is 17.3 Å². The van der Waals surface area contributed by atoms with Crippen molar-refractivity contribution in [3.05, 3.63) is 24.3 Å². The summed E-state index contributed by atoms with van der Waals surface area (Å²) in [6, 6.07) is 0. The summed E-state index contributed by atoms with van der Waals surface area (Å²) >= 11 is 0. The van der Waals surface area contributed by atoms with Crippen LogP contribution in [0.3, 0.4) is 0 Å². The fourth-order valence-electron chi connectivity index (χ4n) is 3.54. The third-order valence-electron chi connectivity index (χ3n) is 4.92. The van der Waals surface area contributed by atoms with E-state index >= 15 is 0 Å². The van der Waals surface area contributed by atoms with E-state index in [0.29, 0.717) is 23.8 Å². The molecule has 0 aliphatic heterocycles. The van der Waals surface area contributed by atoms with E-state index in [1.807, 2.05) is 0 Å². The maximum atomic E-state index is 12.3. The van der Waals surface area contributed by atoms with Gasteiger partial charge in [0.15, 0.2) is 5.78 Å². The predicted molar refractivity (Wildman–Crippen MR) is 73.3 cm³/mol. The van der Waals surface area contributed by atoms with Gasteiger partial charge < -0.3 is 4.74 Å². The number of Topliss-reactive ketones (excluding diaryl/α,β-unsaturated/α-hetero) is 1. The second kappa shape index (κ2) is 4.65. The van der Waals surface area contributed by atoms with E-state index in [1.54, 1.807) is 7.11 Å². The Morgan fingerprint density at radius 3 is 2.56 bits per heavy atom. The van der Waals surface area contributed by atoms with Gasteiger partial charge in [0.25, 0.3) is 0 Å². The average molecular weight is 248 g/mol. The molecule has 0 spiro atoms. The van der Waals surface area contributed by atoms with Gasteiger partial charge in [0.1, 0.15) is 0 Å². The lowest BCUT2D eigenvalue weighted by Crippen LogP contribution is -2.45. The molecule has 0 radical (unpaired) electrons. The Kier molecular flexibility index (Phi) is 3.50. The first-order valence-corrected chi connectivity index (χ1v) is 6.79. The second-order valence-electron chi connectivity index (χ2n) is 6.48. The van der Waals surface area contributed by atoms with Crippen LogP contribution >= 0.6 is 0 Å². The highest BCUT2D eigenvalue weighted by Crippen LogP contribution is 2.56. The molecule has 2 fully saturated rings. The highest BCUT2D eigenvalue weighted by atomic mass is 16.5. The van der Waals surface area contributed by atoms with E-state index in [0.717, 1.165) is 19.3 Å². The highest BCUT2D eigenvalue weighted by Gasteiger charge is 2.49. The lowest BCUT2D eigenvalue weighted by molar-refractivity contribution is -0.121. The van der Waals surface area contributed by atoms with Crippen LogP contribution in [0.25, 0.3) is 0 Å². The van der Waals surface area contributed by atoms with E-state index in [-0.39, 0.29) is 17.3 Å². The number of hydrogen-bond donors (Lipinski definition) is 0. The number of rotatable bonds is 1. The standard InChI is InChI=1S/C16H24O2/c1-10-6-7-15(18-5)11(2)14(17)8-13-12(10)9-16(13,3)4/h12-13,15H,1-2,6-9H2,3-5H3.